The van der Waals surface area contributed by atoms with Crippen LogP contribution in [0.15, 0.2) is 24.3 Å². The molecule has 0 aliphatic heterocycles. The lowest BCUT2D eigenvalue weighted by molar-refractivity contribution is -0.123. The lowest BCUT2D eigenvalue weighted by Crippen LogP contribution is -2.49. The van der Waals surface area contributed by atoms with Crippen molar-refractivity contribution in [1.29, 1.82) is 0 Å². The Balaban J connectivity index is 2.63. The Morgan fingerprint density at radius 3 is 2.30 bits per heavy atom. The summed E-state index contributed by atoms with van der Waals surface area (Å²) in [4.78, 5) is 24.6. The standard InChI is InChI=1S/C18H28N2O3/c1-5-6-7-12-19-18(22)16(13(2)3)20-17(21)14-8-10-15(23-4)11-9-14/h8-11,13,16H,5-7,12H2,1-4H3,(H,19,22)(H,20,21). The normalized spacial score (nSPS) is 11.9. The van der Waals surface area contributed by atoms with E-state index in [9.17, 15) is 9.59 Å². The van der Waals surface area contributed by atoms with Crippen molar-refractivity contribution < 1.29 is 14.3 Å². The van der Waals surface area contributed by atoms with E-state index in [1.165, 1.54) is 0 Å². The Kier molecular flexibility index (Phi) is 8.16. The number of hydrogen-bond acceptors (Lipinski definition) is 3. The monoisotopic (exact) mass is 320 g/mol. The Morgan fingerprint density at radius 2 is 1.78 bits per heavy atom. The van der Waals surface area contributed by atoms with Crippen molar-refractivity contribution in [2.45, 2.75) is 46.1 Å². The van der Waals surface area contributed by atoms with Crippen LogP contribution >= 0.6 is 0 Å². The van der Waals surface area contributed by atoms with E-state index in [-0.39, 0.29) is 17.7 Å². The van der Waals surface area contributed by atoms with Gasteiger partial charge in [-0.25, -0.2) is 0 Å². The highest BCUT2D eigenvalue weighted by molar-refractivity contribution is 5.97. The first-order chi connectivity index (χ1) is 11.0. The van der Waals surface area contributed by atoms with E-state index in [2.05, 4.69) is 17.6 Å². The maximum absolute atomic E-state index is 12.3. The molecule has 5 heteroatoms. The Bertz CT molecular complexity index is 497. The summed E-state index contributed by atoms with van der Waals surface area (Å²) in [6.07, 6.45) is 3.15. The zero-order valence-electron chi connectivity index (χ0n) is 14.5. The molecule has 0 radical (unpaired) electrons. The van der Waals surface area contributed by atoms with Crippen LogP contribution in [0.25, 0.3) is 0 Å². The highest BCUT2D eigenvalue weighted by atomic mass is 16.5. The van der Waals surface area contributed by atoms with Gasteiger partial charge in [0.2, 0.25) is 5.91 Å². The molecule has 5 nitrogen and oxygen atoms in total. The van der Waals surface area contributed by atoms with Crippen molar-refractivity contribution in [2.75, 3.05) is 13.7 Å². The first kappa shape index (κ1) is 19.0. The van der Waals surface area contributed by atoms with Crippen molar-refractivity contribution in [1.82, 2.24) is 10.6 Å². The molecule has 0 bridgehead atoms. The molecular formula is C18H28N2O3. The molecule has 0 aliphatic carbocycles. The van der Waals surface area contributed by atoms with Crippen molar-refractivity contribution >= 4 is 11.8 Å². The molecule has 23 heavy (non-hydrogen) atoms. The summed E-state index contributed by atoms with van der Waals surface area (Å²) in [6.45, 7) is 6.61. The molecule has 0 heterocycles. The highest BCUT2D eigenvalue weighted by Gasteiger charge is 2.24. The van der Waals surface area contributed by atoms with E-state index >= 15 is 0 Å². The first-order valence-corrected chi connectivity index (χ1v) is 8.22. The van der Waals surface area contributed by atoms with E-state index in [1.807, 2.05) is 13.8 Å². The number of nitrogens with one attached hydrogen (secondary N) is 2. The Morgan fingerprint density at radius 1 is 1.13 bits per heavy atom. The van der Waals surface area contributed by atoms with Gasteiger partial charge >= 0.3 is 0 Å². The highest BCUT2D eigenvalue weighted by Crippen LogP contribution is 2.12. The van der Waals surface area contributed by atoms with Gasteiger partial charge in [-0.05, 0) is 36.6 Å². The van der Waals surface area contributed by atoms with Crippen LogP contribution in [0.1, 0.15) is 50.4 Å². The molecule has 0 saturated carbocycles. The van der Waals surface area contributed by atoms with Gasteiger partial charge in [-0.1, -0.05) is 33.6 Å². The third kappa shape index (κ3) is 6.30. The van der Waals surface area contributed by atoms with Crippen LogP contribution in [-0.2, 0) is 4.79 Å². The fraction of sp³-hybridized carbons (Fsp3) is 0.556. The van der Waals surface area contributed by atoms with Gasteiger partial charge in [0.25, 0.3) is 5.91 Å². The number of methoxy groups -OCH3 is 1. The van der Waals surface area contributed by atoms with Crippen molar-refractivity contribution in [2.24, 2.45) is 5.92 Å². The second-order valence-electron chi connectivity index (χ2n) is 5.92. The minimum absolute atomic E-state index is 0.0170. The van der Waals surface area contributed by atoms with Gasteiger partial charge in [-0.15, -0.1) is 0 Å². The number of ether oxygens (including phenoxy) is 1. The van der Waals surface area contributed by atoms with Crippen LogP contribution in [0.2, 0.25) is 0 Å². The lowest BCUT2D eigenvalue weighted by atomic mass is 10.0. The van der Waals surface area contributed by atoms with Crippen molar-refractivity contribution in [3.63, 3.8) is 0 Å². The molecule has 0 saturated heterocycles. The average molecular weight is 320 g/mol. The summed E-state index contributed by atoms with van der Waals surface area (Å²) in [5, 5.41) is 5.72. The predicted molar refractivity (Wildman–Crippen MR) is 91.6 cm³/mol. The van der Waals surface area contributed by atoms with Crippen LogP contribution in [0.3, 0.4) is 0 Å². The molecule has 0 aromatic heterocycles. The first-order valence-electron chi connectivity index (χ1n) is 8.22. The Labute approximate surface area is 138 Å². The number of hydrogen-bond donors (Lipinski definition) is 2. The Hall–Kier alpha value is -2.04. The van der Waals surface area contributed by atoms with Crippen LogP contribution in [-0.4, -0.2) is 31.5 Å². The van der Waals surface area contributed by atoms with Crippen LogP contribution < -0.4 is 15.4 Å². The van der Waals surface area contributed by atoms with Crippen molar-refractivity contribution in [3.8, 4) is 5.75 Å². The largest absolute Gasteiger partial charge is 0.497 e. The van der Waals surface area contributed by atoms with Gasteiger partial charge in [0.05, 0.1) is 7.11 Å². The quantitative estimate of drug-likeness (QED) is 0.688. The second kappa shape index (κ2) is 9.87. The smallest absolute Gasteiger partial charge is 0.251 e. The van der Waals surface area contributed by atoms with Crippen LogP contribution in [0.5, 0.6) is 5.75 Å². The molecular weight excluding hydrogens is 292 g/mol. The average Bonchev–Trinajstić information content (AvgIpc) is 2.56. The van der Waals surface area contributed by atoms with Gasteiger partial charge in [-0.2, -0.15) is 0 Å². The molecule has 1 unspecified atom stereocenters. The second-order valence-corrected chi connectivity index (χ2v) is 5.92. The molecule has 1 aromatic carbocycles. The van der Waals surface area contributed by atoms with Crippen molar-refractivity contribution in [3.05, 3.63) is 29.8 Å². The van der Waals surface area contributed by atoms with Gasteiger partial charge < -0.3 is 15.4 Å². The maximum Gasteiger partial charge on any atom is 0.251 e. The minimum Gasteiger partial charge on any atom is -0.497 e. The van der Waals surface area contributed by atoms with E-state index in [4.69, 9.17) is 4.74 Å². The topological polar surface area (TPSA) is 67.4 Å². The molecule has 1 atom stereocenters. The van der Waals surface area contributed by atoms with Crippen LogP contribution in [0, 0.1) is 5.92 Å². The third-order valence-electron chi connectivity index (χ3n) is 3.67. The molecule has 0 spiro atoms. The summed E-state index contributed by atoms with van der Waals surface area (Å²) in [5.41, 5.74) is 0.509. The summed E-state index contributed by atoms with van der Waals surface area (Å²) >= 11 is 0. The molecule has 2 N–H and O–H groups in total. The number of amides is 2. The summed E-state index contributed by atoms with van der Waals surface area (Å²) in [6, 6.07) is 6.29. The molecule has 1 aromatic rings. The van der Waals surface area contributed by atoms with Gasteiger partial charge in [0.15, 0.2) is 0 Å². The van der Waals surface area contributed by atoms with E-state index in [0.29, 0.717) is 17.9 Å². The predicted octanol–water partition coefficient (Wildman–Crippen LogP) is 2.76. The van der Waals surface area contributed by atoms with E-state index in [1.54, 1.807) is 31.4 Å². The molecule has 2 amide bonds. The fourth-order valence-corrected chi connectivity index (χ4v) is 2.20. The fourth-order valence-electron chi connectivity index (χ4n) is 2.20. The van der Waals surface area contributed by atoms with E-state index < -0.39 is 6.04 Å². The molecule has 1 rings (SSSR count). The number of carbonyl (C=O) groups excluding carboxylic acids is 2. The molecule has 0 aliphatic rings. The third-order valence-corrected chi connectivity index (χ3v) is 3.67. The summed E-state index contributed by atoms with van der Waals surface area (Å²) in [5.74, 6) is 0.326. The zero-order chi connectivity index (χ0) is 17.2. The zero-order valence-corrected chi connectivity index (χ0v) is 14.5. The van der Waals surface area contributed by atoms with Crippen LogP contribution in [0.4, 0.5) is 0 Å². The number of rotatable bonds is 9. The maximum atomic E-state index is 12.3. The number of unbranched alkanes of at least 4 members (excludes halogenated alkanes) is 2. The summed E-state index contributed by atoms with van der Waals surface area (Å²) < 4.78 is 5.07. The van der Waals surface area contributed by atoms with Gasteiger partial charge in [0, 0.05) is 12.1 Å². The number of carbonyl (C=O) groups is 2. The SMILES string of the molecule is CCCCCNC(=O)C(NC(=O)c1ccc(OC)cc1)C(C)C. The summed E-state index contributed by atoms with van der Waals surface area (Å²) in [7, 11) is 1.58. The van der Waals surface area contributed by atoms with Gasteiger partial charge in [0.1, 0.15) is 11.8 Å². The molecule has 0 fully saturated rings. The number of benzene rings is 1. The minimum atomic E-state index is -0.536. The lowest BCUT2D eigenvalue weighted by Gasteiger charge is -2.21. The van der Waals surface area contributed by atoms with E-state index in [0.717, 1.165) is 19.3 Å². The van der Waals surface area contributed by atoms with Gasteiger partial charge in [-0.3, -0.25) is 9.59 Å². The molecule has 128 valence electrons.